The van der Waals surface area contributed by atoms with Crippen molar-refractivity contribution < 1.29 is 19.0 Å². The van der Waals surface area contributed by atoms with Gasteiger partial charge < -0.3 is 24.8 Å². The fourth-order valence-corrected chi connectivity index (χ4v) is 1.84. The van der Waals surface area contributed by atoms with Crippen molar-refractivity contribution in [2.45, 2.75) is 20.3 Å². The van der Waals surface area contributed by atoms with Crippen LogP contribution >= 0.6 is 0 Å². The van der Waals surface area contributed by atoms with Gasteiger partial charge in [0.15, 0.2) is 11.5 Å². The standard InChI is InChI=1S/C15H22N2O4/c1-11(2)9-19-7-3-6-16-15(18)17-12-4-5-13-14(8-12)21-10-20-13/h4-5,8,11H,3,6-7,9-10H2,1-2H3,(H2,16,17,18). The molecular formula is C15H22N2O4. The Bertz CT molecular complexity index is 477. The van der Waals surface area contributed by atoms with Crippen LogP contribution in [0, 0.1) is 5.92 Å². The third-order valence-corrected chi connectivity index (χ3v) is 2.83. The van der Waals surface area contributed by atoms with Gasteiger partial charge in [0, 0.05) is 31.5 Å². The summed E-state index contributed by atoms with van der Waals surface area (Å²) in [6, 6.07) is 5.06. The van der Waals surface area contributed by atoms with Gasteiger partial charge in [-0.25, -0.2) is 4.79 Å². The number of hydrogen-bond acceptors (Lipinski definition) is 4. The van der Waals surface area contributed by atoms with E-state index < -0.39 is 0 Å². The lowest BCUT2D eigenvalue weighted by atomic mass is 10.2. The molecule has 2 amide bonds. The van der Waals surface area contributed by atoms with Crippen molar-refractivity contribution in [2.24, 2.45) is 5.92 Å². The van der Waals surface area contributed by atoms with E-state index in [1.807, 2.05) is 0 Å². The molecule has 0 saturated heterocycles. The van der Waals surface area contributed by atoms with E-state index in [4.69, 9.17) is 14.2 Å². The smallest absolute Gasteiger partial charge is 0.319 e. The van der Waals surface area contributed by atoms with E-state index in [0.29, 0.717) is 36.3 Å². The van der Waals surface area contributed by atoms with E-state index in [1.54, 1.807) is 18.2 Å². The maximum absolute atomic E-state index is 11.7. The van der Waals surface area contributed by atoms with E-state index >= 15 is 0 Å². The van der Waals surface area contributed by atoms with Crippen LogP contribution in [0.25, 0.3) is 0 Å². The molecule has 0 unspecified atom stereocenters. The van der Waals surface area contributed by atoms with E-state index in [-0.39, 0.29) is 12.8 Å². The summed E-state index contributed by atoms with van der Waals surface area (Å²) in [4.78, 5) is 11.7. The lowest BCUT2D eigenvalue weighted by Crippen LogP contribution is -2.30. The summed E-state index contributed by atoms with van der Waals surface area (Å²) in [5.74, 6) is 1.88. The van der Waals surface area contributed by atoms with Gasteiger partial charge >= 0.3 is 6.03 Å². The van der Waals surface area contributed by atoms with Crippen molar-refractivity contribution in [3.63, 3.8) is 0 Å². The highest BCUT2D eigenvalue weighted by Gasteiger charge is 2.13. The number of carbonyl (C=O) groups is 1. The van der Waals surface area contributed by atoms with Gasteiger partial charge in [0.2, 0.25) is 6.79 Å². The van der Waals surface area contributed by atoms with Crippen molar-refractivity contribution in [1.29, 1.82) is 0 Å². The minimum Gasteiger partial charge on any atom is -0.454 e. The number of carbonyl (C=O) groups excluding carboxylic acids is 1. The Morgan fingerprint density at radius 2 is 2.14 bits per heavy atom. The first kappa shape index (κ1) is 15.4. The van der Waals surface area contributed by atoms with Gasteiger partial charge in [-0.2, -0.15) is 0 Å². The van der Waals surface area contributed by atoms with Crippen LogP contribution in [0.4, 0.5) is 10.5 Å². The first-order valence-electron chi connectivity index (χ1n) is 7.17. The van der Waals surface area contributed by atoms with Crippen LogP contribution < -0.4 is 20.1 Å². The molecule has 1 aromatic rings. The largest absolute Gasteiger partial charge is 0.454 e. The van der Waals surface area contributed by atoms with Crippen molar-refractivity contribution in [2.75, 3.05) is 31.9 Å². The summed E-state index contributed by atoms with van der Waals surface area (Å²) in [7, 11) is 0. The van der Waals surface area contributed by atoms with Crippen LogP contribution in [0.2, 0.25) is 0 Å². The Labute approximate surface area is 124 Å². The van der Waals surface area contributed by atoms with Crippen molar-refractivity contribution >= 4 is 11.7 Å². The second kappa shape index (κ2) is 7.73. The highest BCUT2D eigenvalue weighted by atomic mass is 16.7. The highest BCUT2D eigenvalue weighted by molar-refractivity contribution is 5.89. The molecule has 6 nitrogen and oxygen atoms in total. The zero-order valence-corrected chi connectivity index (χ0v) is 12.5. The Kier molecular flexibility index (Phi) is 5.68. The number of fused-ring (bicyclic) bond motifs is 1. The molecule has 0 atom stereocenters. The van der Waals surface area contributed by atoms with Gasteiger partial charge in [0.1, 0.15) is 0 Å². The normalized spacial score (nSPS) is 12.5. The van der Waals surface area contributed by atoms with Crippen LogP contribution in [-0.2, 0) is 4.74 Å². The number of hydrogen-bond donors (Lipinski definition) is 2. The molecule has 0 aromatic heterocycles. The number of nitrogens with one attached hydrogen (secondary N) is 2. The molecule has 2 N–H and O–H groups in total. The molecule has 6 heteroatoms. The molecular weight excluding hydrogens is 272 g/mol. The molecule has 0 aliphatic carbocycles. The lowest BCUT2D eigenvalue weighted by Gasteiger charge is -2.09. The lowest BCUT2D eigenvalue weighted by molar-refractivity contribution is 0.108. The van der Waals surface area contributed by atoms with Crippen molar-refractivity contribution in [1.82, 2.24) is 5.32 Å². The Hall–Kier alpha value is -1.95. The van der Waals surface area contributed by atoms with Crippen LogP contribution in [-0.4, -0.2) is 32.6 Å². The molecule has 0 saturated carbocycles. The van der Waals surface area contributed by atoms with Gasteiger partial charge in [0.25, 0.3) is 0 Å². The fourth-order valence-electron chi connectivity index (χ4n) is 1.84. The molecule has 1 heterocycles. The van der Waals surface area contributed by atoms with Crippen LogP contribution in [0.1, 0.15) is 20.3 Å². The van der Waals surface area contributed by atoms with E-state index in [9.17, 15) is 4.79 Å². The average molecular weight is 294 g/mol. The summed E-state index contributed by atoms with van der Waals surface area (Å²) in [6.45, 7) is 6.43. The minimum atomic E-state index is -0.238. The molecule has 0 bridgehead atoms. The number of rotatable bonds is 7. The van der Waals surface area contributed by atoms with E-state index in [2.05, 4.69) is 24.5 Å². The number of amides is 2. The molecule has 1 aromatic carbocycles. The molecule has 0 fully saturated rings. The molecule has 2 rings (SSSR count). The molecule has 0 radical (unpaired) electrons. The SMILES string of the molecule is CC(C)COCCCNC(=O)Nc1ccc2c(c1)OCO2. The summed E-state index contributed by atoms with van der Waals surface area (Å²) in [5.41, 5.74) is 0.674. The van der Waals surface area contributed by atoms with Crippen LogP contribution in [0.5, 0.6) is 11.5 Å². The first-order valence-corrected chi connectivity index (χ1v) is 7.17. The van der Waals surface area contributed by atoms with Crippen molar-refractivity contribution in [3.05, 3.63) is 18.2 Å². The molecule has 1 aliphatic rings. The van der Waals surface area contributed by atoms with Crippen LogP contribution in [0.3, 0.4) is 0 Å². The predicted molar refractivity (Wildman–Crippen MR) is 79.9 cm³/mol. The monoisotopic (exact) mass is 294 g/mol. The molecule has 0 spiro atoms. The third-order valence-electron chi connectivity index (χ3n) is 2.83. The summed E-state index contributed by atoms with van der Waals surface area (Å²) < 4.78 is 15.9. The number of anilines is 1. The fraction of sp³-hybridized carbons (Fsp3) is 0.533. The second-order valence-corrected chi connectivity index (χ2v) is 5.27. The maximum atomic E-state index is 11.7. The second-order valence-electron chi connectivity index (χ2n) is 5.27. The number of urea groups is 1. The van der Waals surface area contributed by atoms with Gasteiger partial charge in [-0.1, -0.05) is 13.8 Å². The van der Waals surface area contributed by atoms with Gasteiger partial charge in [0.05, 0.1) is 0 Å². The summed E-state index contributed by atoms with van der Waals surface area (Å²) >= 11 is 0. The van der Waals surface area contributed by atoms with Crippen molar-refractivity contribution in [3.8, 4) is 11.5 Å². The Morgan fingerprint density at radius 1 is 1.33 bits per heavy atom. The summed E-state index contributed by atoms with van der Waals surface area (Å²) in [5, 5.41) is 5.54. The first-order chi connectivity index (χ1) is 10.1. The van der Waals surface area contributed by atoms with Gasteiger partial charge in [-0.05, 0) is 24.5 Å². The topological polar surface area (TPSA) is 68.8 Å². The van der Waals surface area contributed by atoms with Gasteiger partial charge in [-0.3, -0.25) is 0 Å². The molecule has 1 aliphatic heterocycles. The maximum Gasteiger partial charge on any atom is 0.319 e. The average Bonchev–Trinajstić information content (AvgIpc) is 2.89. The zero-order valence-electron chi connectivity index (χ0n) is 12.5. The third kappa shape index (κ3) is 5.15. The van der Waals surface area contributed by atoms with E-state index in [1.165, 1.54) is 0 Å². The number of ether oxygens (including phenoxy) is 3. The van der Waals surface area contributed by atoms with E-state index in [0.717, 1.165) is 13.0 Å². The zero-order chi connectivity index (χ0) is 15.1. The summed E-state index contributed by atoms with van der Waals surface area (Å²) in [6.07, 6.45) is 0.793. The highest BCUT2D eigenvalue weighted by Crippen LogP contribution is 2.34. The quantitative estimate of drug-likeness (QED) is 0.758. The molecule has 21 heavy (non-hydrogen) atoms. The Morgan fingerprint density at radius 3 is 2.95 bits per heavy atom. The Balaban J connectivity index is 1.63. The van der Waals surface area contributed by atoms with Crippen LogP contribution in [0.15, 0.2) is 18.2 Å². The predicted octanol–water partition coefficient (Wildman–Crippen LogP) is 2.60. The number of benzene rings is 1. The van der Waals surface area contributed by atoms with Gasteiger partial charge in [-0.15, -0.1) is 0 Å². The minimum absolute atomic E-state index is 0.224. The molecule has 116 valence electrons.